The molecule has 0 saturated carbocycles. The van der Waals surface area contributed by atoms with Crippen molar-refractivity contribution in [3.8, 4) is 5.75 Å². The van der Waals surface area contributed by atoms with E-state index in [9.17, 15) is 4.79 Å². The Morgan fingerprint density at radius 3 is 2.59 bits per heavy atom. The van der Waals surface area contributed by atoms with Gasteiger partial charge in [0, 0.05) is 6.20 Å². The highest BCUT2D eigenvalue weighted by atomic mass is 35.5. The van der Waals surface area contributed by atoms with Crippen molar-refractivity contribution < 1.29 is 9.53 Å². The number of ether oxygens (including phenoxy) is 1. The Morgan fingerprint density at radius 2 is 1.94 bits per heavy atom. The van der Waals surface area contributed by atoms with E-state index >= 15 is 0 Å². The van der Waals surface area contributed by atoms with Crippen LogP contribution in [0.25, 0.3) is 0 Å². The van der Waals surface area contributed by atoms with Crippen molar-refractivity contribution >= 4 is 17.6 Å². The molecule has 0 spiro atoms. The normalized spacial score (nSPS) is 10.0. The van der Waals surface area contributed by atoms with Crippen LogP contribution < -0.4 is 4.74 Å². The van der Waals surface area contributed by atoms with Gasteiger partial charge in [0.1, 0.15) is 10.9 Å². The number of rotatable bonds is 2. The lowest BCUT2D eigenvalue weighted by molar-refractivity contribution is 0.0734. The first-order valence-corrected chi connectivity index (χ1v) is 5.43. The second-order valence-corrected chi connectivity index (χ2v) is 3.96. The van der Waals surface area contributed by atoms with E-state index < -0.39 is 5.97 Å². The fourth-order valence-electron chi connectivity index (χ4n) is 1.30. The summed E-state index contributed by atoms with van der Waals surface area (Å²) in [4.78, 5) is 15.5. The molecule has 86 valence electrons. The lowest BCUT2D eigenvalue weighted by Gasteiger charge is -2.04. The van der Waals surface area contributed by atoms with Gasteiger partial charge in [0.25, 0.3) is 0 Å². The molecule has 1 aromatic heterocycles. The van der Waals surface area contributed by atoms with Crippen LogP contribution in [0.2, 0.25) is 5.15 Å². The maximum absolute atomic E-state index is 11.7. The number of hydrogen-bond acceptors (Lipinski definition) is 3. The molecule has 4 heteroatoms. The number of carbonyl (C=O) groups is 1. The summed E-state index contributed by atoms with van der Waals surface area (Å²) in [6.07, 6.45) is 1.47. The second kappa shape index (κ2) is 4.97. The molecule has 0 atom stereocenters. The van der Waals surface area contributed by atoms with Crippen LogP contribution in [0.3, 0.4) is 0 Å². The molecule has 0 fully saturated rings. The van der Waals surface area contributed by atoms with Gasteiger partial charge in [0.15, 0.2) is 0 Å². The topological polar surface area (TPSA) is 39.2 Å². The summed E-state index contributed by atoms with van der Waals surface area (Å²) >= 11 is 5.69. The zero-order valence-corrected chi connectivity index (χ0v) is 9.94. The molecule has 0 aliphatic carbocycles. The summed E-state index contributed by atoms with van der Waals surface area (Å²) in [5, 5.41) is 0.267. The molecule has 0 radical (unpaired) electrons. The molecular weight excluding hydrogens is 238 g/mol. The average molecular weight is 248 g/mol. The Balaban J connectivity index is 2.14. The molecule has 0 bridgehead atoms. The van der Waals surface area contributed by atoms with Crippen molar-refractivity contribution in [1.82, 2.24) is 4.98 Å². The maximum atomic E-state index is 11.7. The summed E-state index contributed by atoms with van der Waals surface area (Å²) in [5.41, 5.74) is 1.49. The first-order valence-electron chi connectivity index (χ1n) is 5.05. The SMILES string of the molecule is Cc1ccc(OC(=O)c2ccnc(Cl)c2)cc1. The minimum atomic E-state index is -0.446. The van der Waals surface area contributed by atoms with Crippen LogP contribution in [-0.4, -0.2) is 11.0 Å². The van der Waals surface area contributed by atoms with Gasteiger partial charge in [-0.25, -0.2) is 9.78 Å². The van der Waals surface area contributed by atoms with Gasteiger partial charge in [-0.05, 0) is 31.2 Å². The number of esters is 1. The summed E-state index contributed by atoms with van der Waals surface area (Å²) in [7, 11) is 0. The van der Waals surface area contributed by atoms with E-state index in [1.807, 2.05) is 19.1 Å². The van der Waals surface area contributed by atoms with Gasteiger partial charge >= 0.3 is 5.97 Å². The Bertz CT molecular complexity index is 537. The van der Waals surface area contributed by atoms with Crippen molar-refractivity contribution in [2.75, 3.05) is 0 Å². The van der Waals surface area contributed by atoms with Crippen molar-refractivity contribution in [1.29, 1.82) is 0 Å². The number of benzene rings is 1. The maximum Gasteiger partial charge on any atom is 0.343 e. The van der Waals surface area contributed by atoms with Gasteiger partial charge in [-0.15, -0.1) is 0 Å². The van der Waals surface area contributed by atoms with Gasteiger partial charge in [-0.3, -0.25) is 0 Å². The average Bonchev–Trinajstić information content (AvgIpc) is 2.32. The smallest absolute Gasteiger partial charge is 0.343 e. The summed E-state index contributed by atoms with van der Waals surface area (Å²) in [5.74, 6) is 0.0617. The van der Waals surface area contributed by atoms with Crippen LogP contribution in [0.5, 0.6) is 5.75 Å². The third kappa shape index (κ3) is 3.04. The van der Waals surface area contributed by atoms with Gasteiger partial charge in [0.05, 0.1) is 5.56 Å². The van der Waals surface area contributed by atoms with Crippen LogP contribution in [0, 0.1) is 6.92 Å². The number of pyridine rings is 1. The third-order valence-corrected chi connectivity index (χ3v) is 2.40. The van der Waals surface area contributed by atoms with Crippen molar-refractivity contribution in [3.63, 3.8) is 0 Å². The number of aromatic nitrogens is 1. The molecular formula is C13H10ClNO2. The van der Waals surface area contributed by atoms with E-state index in [0.717, 1.165) is 5.56 Å². The highest BCUT2D eigenvalue weighted by molar-refractivity contribution is 6.29. The molecule has 0 amide bonds. The number of hydrogen-bond donors (Lipinski definition) is 0. The number of aryl methyl sites for hydroxylation is 1. The molecule has 0 unspecified atom stereocenters. The number of nitrogens with zero attached hydrogens (tertiary/aromatic N) is 1. The Kier molecular flexibility index (Phi) is 3.40. The molecule has 1 heterocycles. The first kappa shape index (κ1) is 11.6. The standard InChI is InChI=1S/C13H10ClNO2/c1-9-2-4-11(5-3-9)17-13(16)10-6-7-15-12(14)8-10/h2-8H,1H3. The van der Waals surface area contributed by atoms with E-state index in [4.69, 9.17) is 16.3 Å². The van der Waals surface area contributed by atoms with Crippen molar-refractivity contribution in [2.45, 2.75) is 6.92 Å². The molecule has 0 N–H and O–H groups in total. The van der Waals surface area contributed by atoms with Gasteiger partial charge in [-0.2, -0.15) is 0 Å². The van der Waals surface area contributed by atoms with Crippen LogP contribution in [-0.2, 0) is 0 Å². The van der Waals surface area contributed by atoms with E-state index in [1.54, 1.807) is 18.2 Å². The van der Waals surface area contributed by atoms with E-state index in [2.05, 4.69) is 4.98 Å². The quantitative estimate of drug-likeness (QED) is 0.465. The van der Waals surface area contributed by atoms with Crippen molar-refractivity contribution in [2.24, 2.45) is 0 Å². The molecule has 1 aromatic carbocycles. The van der Waals surface area contributed by atoms with E-state index in [0.29, 0.717) is 11.3 Å². The second-order valence-electron chi connectivity index (χ2n) is 3.57. The molecule has 0 aliphatic heterocycles. The highest BCUT2D eigenvalue weighted by Gasteiger charge is 2.08. The fourth-order valence-corrected chi connectivity index (χ4v) is 1.48. The summed E-state index contributed by atoms with van der Waals surface area (Å²) in [6.45, 7) is 1.97. The van der Waals surface area contributed by atoms with E-state index in [-0.39, 0.29) is 5.15 Å². The van der Waals surface area contributed by atoms with Crippen molar-refractivity contribution in [3.05, 3.63) is 58.9 Å². The van der Waals surface area contributed by atoms with Gasteiger partial charge < -0.3 is 4.74 Å². The molecule has 2 rings (SSSR count). The zero-order valence-electron chi connectivity index (χ0n) is 9.18. The number of carbonyl (C=O) groups excluding carboxylic acids is 1. The minimum Gasteiger partial charge on any atom is -0.423 e. The summed E-state index contributed by atoms with van der Waals surface area (Å²) in [6, 6.07) is 10.3. The fraction of sp³-hybridized carbons (Fsp3) is 0.0769. The third-order valence-electron chi connectivity index (χ3n) is 2.19. The highest BCUT2D eigenvalue weighted by Crippen LogP contribution is 2.14. The van der Waals surface area contributed by atoms with Crippen LogP contribution in [0.4, 0.5) is 0 Å². The summed E-state index contributed by atoms with van der Waals surface area (Å²) < 4.78 is 5.19. The van der Waals surface area contributed by atoms with Gasteiger partial charge in [0.2, 0.25) is 0 Å². The van der Waals surface area contributed by atoms with E-state index in [1.165, 1.54) is 12.3 Å². The Hall–Kier alpha value is -1.87. The molecule has 2 aromatic rings. The largest absolute Gasteiger partial charge is 0.423 e. The van der Waals surface area contributed by atoms with Crippen LogP contribution >= 0.6 is 11.6 Å². The molecule has 0 aliphatic rings. The number of halogens is 1. The Labute approximate surface area is 104 Å². The van der Waals surface area contributed by atoms with Crippen LogP contribution in [0.15, 0.2) is 42.6 Å². The monoisotopic (exact) mass is 247 g/mol. The molecule has 3 nitrogen and oxygen atoms in total. The van der Waals surface area contributed by atoms with Gasteiger partial charge in [-0.1, -0.05) is 29.3 Å². The molecule has 17 heavy (non-hydrogen) atoms. The molecule has 0 saturated heterocycles. The predicted molar refractivity (Wildman–Crippen MR) is 65.4 cm³/mol. The lowest BCUT2D eigenvalue weighted by atomic mass is 10.2. The predicted octanol–water partition coefficient (Wildman–Crippen LogP) is 3.26. The first-order chi connectivity index (χ1) is 8.15. The lowest BCUT2D eigenvalue weighted by Crippen LogP contribution is -2.08. The minimum absolute atomic E-state index is 0.267. The zero-order chi connectivity index (χ0) is 12.3. The Morgan fingerprint density at radius 1 is 1.24 bits per heavy atom. The van der Waals surface area contributed by atoms with Crippen LogP contribution in [0.1, 0.15) is 15.9 Å².